The maximum atomic E-state index is 12.5. The van der Waals surface area contributed by atoms with E-state index in [4.69, 9.17) is 11.6 Å². The number of halogens is 1. The largest absolute Gasteiger partial charge is 0.312 e. The Kier molecular flexibility index (Phi) is 5.41. The van der Waals surface area contributed by atoms with Crippen LogP contribution in [0.15, 0.2) is 30.6 Å². The topological polar surface area (TPSA) is 121 Å². The summed E-state index contributed by atoms with van der Waals surface area (Å²) in [4.78, 5) is 27.2. The smallest absolute Gasteiger partial charge is 0.291 e. The Morgan fingerprint density at radius 1 is 1.36 bits per heavy atom. The van der Waals surface area contributed by atoms with Crippen molar-refractivity contribution in [3.63, 3.8) is 0 Å². The van der Waals surface area contributed by atoms with Crippen LogP contribution in [0.1, 0.15) is 29.9 Å². The molecule has 11 heteroatoms. The van der Waals surface area contributed by atoms with Gasteiger partial charge in [-0.25, -0.2) is 9.67 Å². The number of nitrogens with one attached hydrogen (secondary N) is 1. The van der Waals surface area contributed by atoms with Crippen molar-refractivity contribution in [1.82, 2.24) is 24.5 Å². The molecular formula is C17H18ClN7O3. The highest BCUT2D eigenvalue weighted by Gasteiger charge is 2.27. The molecule has 0 fully saturated rings. The zero-order chi connectivity index (χ0) is 20.4. The van der Waals surface area contributed by atoms with Gasteiger partial charge >= 0.3 is 5.69 Å². The Hall–Kier alpha value is -3.27. The van der Waals surface area contributed by atoms with E-state index in [1.165, 1.54) is 17.9 Å². The number of aromatic nitrogens is 5. The number of anilines is 1. The van der Waals surface area contributed by atoms with E-state index < -0.39 is 16.9 Å². The number of hydrogen-bond acceptors (Lipinski definition) is 6. The van der Waals surface area contributed by atoms with Gasteiger partial charge in [0, 0.05) is 5.02 Å². The lowest BCUT2D eigenvalue weighted by atomic mass is 10.2. The minimum absolute atomic E-state index is 0.0939. The van der Waals surface area contributed by atoms with Crippen molar-refractivity contribution in [3.8, 4) is 0 Å². The van der Waals surface area contributed by atoms with Gasteiger partial charge in [0.25, 0.3) is 5.91 Å². The van der Waals surface area contributed by atoms with E-state index >= 15 is 0 Å². The number of amides is 1. The number of carbonyl (C=O) groups excluding carboxylic acids is 1. The predicted molar refractivity (Wildman–Crippen MR) is 102 cm³/mol. The average Bonchev–Trinajstić information content (AvgIpc) is 3.17. The minimum Gasteiger partial charge on any atom is -0.291 e. The summed E-state index contributed by atoms with van der Waals surface area (Å²) in [6.45, 7) is 5.13. The van der Waals surface area contributed by atoms with E-state index in [2.05, 4.69) is 20.5 Å². The van der Waals surface area contributed by atoms with E-state index in [1.54, 1.807) is 24.6 Å². The fraction of sp³-hybridized carbons (Fsp3) is 0.294. The Bertz CT molecular complexity index is 1040. The summed E-state index contributed by atoms with van der Waals surface area (Å²) >= 11 is 5.97. The number of nitro groups is 1. The van der Waals surface area contributed by atoms with Crippen LogP contribution in [-0.4, -0.2) is 35.4 Å². The molecule has 10 nitrogen and oxygen atoms in total. The molecule has 146 valence electrons. The van der Waals surface area contributed by atoms with Crippen LogP contribution in [0.3, 0.4) is 0 Å². The van der Waals surface area contributed by atoms with Gasteiger partial charge in [0.1, 0.15) is 23.8 Å². The lowest BCUT2D eigenvalue weighted by Crippen LogP contribution is -2.26. The molecule has 0 aliphatic heterocycles. The maximum absolute atomic E-state index is 12.5. The van der Waals surface area contributed by atoms with Gasteiger partial charge in [-0.1, -0.05) is 23.7 Å². The zero-order valence-electron chi connectivity index (χ0n) is 15.5. The summed E-state index contributed by atoms with van der Waals surface area (Å²) < 4.78 is 2.89. The fourth-order valence-electron chi connectivity index (χ4n) is 2.87. The molecule has 2 aromatic heterocycles. The quantitative estimate of drug-likeness (QED) is 0.499. The number of aryl methyl sites for hydroxylation is 1. The average molecular weight is 404 g/mol. The molecule has 1 atom stereocenters. The normalized spacial score (nSPS) is 12.0. The first-order valence-electron chi connectivity index (χ1n) is 8.41. The van der Waals surface area contributed by atoms with Gasteiger partial charge in [0.15, 0.2) is 0 Å². The molecule has 28 heavy (non-hydrogen) atoms. The highest BCUT2D eigenvalue weighted by atomic mass is 35.5. The highest BCUT2D eigenvalue weighted by Crippen LogP contribution is 2.25. The summed E-state index contributed by atoms with van der Waals surface area (Å²) in [6, 6.07) is 6.57. The van der Waals surface area contributed by atoms with Crippen molar-refractivity contribution in [3.05, 3.63) is 62.7 Å². The van der Waals surface area contributed by atoms with Crippen LogP contribution in [0.25, 0.3) is 0 Å². The van der Waals surface area contributed by atoms with Crippen LogP contribution >= 0.6 is 11.6 Å². The summed E-state index contributed by atoms with van der Waals surface area (Å²) in [7, 11) is 0. The molecule has 3 aromatic rings. The van der Waals surface area contributed by atoms with Crippen molar-refractivity contribution in [2.75, 3.05) is 5.32 Å². The summed E-state index contributed by atoms with van der Waals surface area (Å²) in [6.07, 6.45) is 1.50. The van der Waals surface area contributed by atoms with Crippen molar-refractivity contribution >= 4 is 29.1 Å². The van der Waals surface area contributed by atoms with Gasteiger partial charge in [0.2, 0.25) is 5.95 Å². The number of rotatable bonds is 6. The van der Waals surface area contributed by atoms with E-state index in [0.717, 1.165) is 5.56 Å². The third kappa shape index (κ3) is 4.01. The molecule has 0 bridgehead atoms. The molecular weight excluding hydrogens is 386 g/mol. The molecule has 1 amide bonds. The molecule has 0 saturated heterocycles. The first kappa shape index (κ1) is 19.5. The summed E-state index contributed by atoms with van der Waals surface area (Å²) in [5.74, 6) is -0.295. The molecule has 3 rings (SSSR count). The van der Waals surface area contributed by atoms with Gasteiger partial charge in [-0.15, -0.1) is 5.10 Å². The summed E-state index contributed by atoms with van der Waals surface area (Å²) in [5.41, 5.74) is 1.41. The Morgan fingerprint density at radius 2 is 2.11 bits per heavy atom. The van der Waals surface area contributed by atoms with Gasteiger partial charge in [0.05, 0.1) is 11.5 Å². The second kappa shape index (κ2) is 7.77. The Balaban J connectivity index is 1.71. The number of benzene rings is 1. The predicted octanol–water partition coefficient (Wildman–Crippen LogP) is 2.90. The van der Waals surface area contributed by atoms with Crippen LogP contribution < -0.4 is 5.32 Å². The third-order valence-corrected chi connectivity index (χ3v) is 4.46. The SMILES string of the molecule is Cc1nn(C(C)C(=O)Nc2ncn(Cc3cccc(Cl)c3)n2)c(C)c1[N+](=O)[O-]. The van der Waals surface area contributed by atoms with Gasteiger partial charge in [-0.2, -0.15) is 5.10 Å². The third-order valence-electron chi connectivity index (χ3n) is 4.22. The van der Waals surface area contributed by atoms with Gasteiger partial charge in [-0.3, -0.25) is 24.9 Å². The standard InChI is InChI=1S/C17H18ClN7O3/c1-10-15(25(27)28)11(2)24(21-10)12(3)16(26)20-17-19-9-23(22-17)8-13-5-4-6-14(18)7-13/h4-7,9,12H,8H2,1-3H3,(H,20,22,26). The van der Waals surface area contributed by atoms with Crippen molar-refractivity contribution in [1.29, 1.82) is 0 Å². The van der Waals surface area contributed by atoms with Gasteiger partial charge < -0.3 is 0 Å². The van der Waals surface area contributed by atoms with Crippen molar-refractivity contribution < 1.29 is 9.72 Å². The molecule has 0 aliphatic carbocycles. The molecule has 1 N–H and O–H groups in total. The number of hydrogen-bond donors (Lipinski definition) is 1. The summed E-state index contributed by atoms with van der Waals surface area (Å²) in [5, 5.41) is 22.7. The monoisotopic (exact) mass is 403 g/mol. The molecule has 2 heterocycles. The van der Waals surface area contributed by atoms with E-state index in [9.17, 15) is 14.9 Å². The van der Waals surface area contributed by atoms with Crippen LogP contribution in [0, 0.1) is 24.0 Å². The second-order valence-electron chi connectivity index (χ2n) is 6.28. The molecule has 1 aromatic carbocycles. The van der Waals surface area contributed by atoms with Crippen LogP contribution in [-0.2, 0) is 11.3 Å². The zero-order valence-corrected chi connectivity index (χ0v) is 16.2. The maximum Gasteiger partial charge on any atom is 0.312 e. The lowest BCUT2D eigenvalue weighted by Gasteiger charge is -2.12. The molecule has 1 unspecified atom stereocenters. The number of nitrogens with zero attached hydrogens (tertiary/aromatic N) is 6. The van der Waals surface area contributed by atoms with Gasteiger partial charge in [-0.05, 0) is 38.5 Å². The van der Waals surface area contributed by atoms with E-state index in [0.29, 0.717) is 17.3 Å². The van der Waals surface area contributed by atoms with Crippen molar-refractivity contribution in [2.45, 2.75) is 33.4 Å². The first-order valence-corrected chi connectivity index (χ1v) is 8.79. The van der Waals surface area contributed by atoms with Crippen LogP contribution in [0.5, 0.6) is 0 Å². The molecule has 0 radical (unpaired) electrons. The molecule has 0 saturated carbocycles. The van der Waals surface area contributed by atoms with Crippen LogP contribution in [0.2, 0.25) is 5.02 Å². The molecule has 0 aliphatic rings. The molecule has 0 spiro atoms. The highest BCUT2D eigenvalue weighted by molar-refractivity contribution is 6.30. The van der Waals surface area contributed by atoms with Crippen LogP contribution in [0.4, 0.5) is 11.6 Å². The Labute approximate surface area is 165 Å². The van der Waals surface area contributed by atoms with E-state index in [-0.39, 0.29) is 17.3 Å². The Morgan fingerprint density at radius 3 is 2.75 bits per heavy atom. The fourth-order valence-corrected chi connectivity index (χ4v) is 3.08. The van der Waals surface area contributed by atoms with E-state index in [1.807, 2.05) is 18.2 Å². The second-order valence-corrected chi connectivity index (χ2v) is 6.72. The number of carbonyl (C=O) groups is 1. The minimum atomic E-state index is -0.771. The lowest BCUT2D eigenvalue weighted by molar-refractivity contribution is -0.386. The van der Waals surface area contributed by atoms with Crippen molar-refractivity contribution in [2.24, 2.45) is 0 Å². The first-order chi connectivity index (χ1) is 13.3.